The van der Waals surface area contributed by atoms with Gasteiger partial charge < -0.3 is 4.74 Å². The number of carbonyl (C=O) groups is 1. The summed E-state index contributed by atoms with van der Waals surface area (Å²) in [5, 5.41) is 0. The third kappa shape index (κ3) is 1.85. The Labute approximate surface area is 116 Å². The highest BCUT2D eigenvalue weighted by atomic mass is 79.9. The Morgan fingerprint density at radius 3 is 2.63 bits per heavy atom. The third-order valence-electron chi connectivity index (χ3n) is 3.00. The lowest BCUT2D eigenvalue weighted by Crippen LogP contribution is -2.04. The zero-order valence-electron chi connectivity index (χ0n) is 9.54. The summed E-state index contributed by atoms with van der Waals surface area (Å²) >= 11 is 2.90. The first kappa shape index (κ1) is 12.3. The molecule has 0 aromatic heterocycles. The maximum Gasteiger partial charge on any atom is 0.202 e. The second-order valence-corrected chi connectivity index (χ2v) is 4.99. The van der Waals surface area contributed by atoms with E-state index in [0.717, 1.165) is 0 Å². The van der Waals surface area contributed by atoms with Gasteiger partial charge in [-0.1, -0.05) is 24.3 Å². The average molecular weight is 325 g/mol. The van der Waals surface area contributed by atoms with Crippen LogP contribution in [0.5, 0.6) is 5.75 Å². The van der Waals surface area contributed by atoms with Gasteiger partial charge in [-0.15, -0.1) is 0 Å². The van der Waals surface area contributed by atoms with Crippen LogP contribution >= 0.6 is 15.9 Å². The first-order chi connectivity index (χ1) is 9.09. The molecular weight excluding hydrogens is 318 g/mol. The van der Waals surface area contributed by atoms with Crippen molar-refractivity contribution in [3.05, 3.63) is 63.1 Å². The number of hydrogen-bond donors (Lipinski definition) is 0. The Kier molecular flexibility index (Phi) is 2.86. The van der Waals surface area contributed by atoms with E-state index in [1.54, 1.807) is 24.3 Å². The molecule has 0 bridgehead atoms. The van der Waals surface area contributed by atoms with E-state index in [4.69, 9.17) is 4.74 Å². The van der Waals surface area contributed by atoms with E-state index in [-0.39, 0.29) is 28.2 Å². The number of fused-ring (bicyclic) bond motifs is 2. The van der Waals surface area contributed by atoms with Crippen LogP contribution in [0.1, 0.15) is 21.5 Å². The van der Waals surface area contributed by atoms with Gasteiger partial charge in [-0.3, -0.25) is 4.79 Å². The first-order valence-electron chi connectivity index (χ1n) is 5.52. The van der Waals surface area contributed by atoms with E-state index in [2.05, 4.69) is 15.9 Å². The number of halogens is 3. The number of ether oxygens (including phenoxy) is 1. The van der Waals surface area contributed by atoms with Crippen LogP contribution in [-0.2, 0) is 6.61 Å². The summed E-state index contributed by atoms with van der Waals surface area (Å²) in [7, 11) is 0. The molecule has 0 radical (unpaired) electrons. The monoisotopic (exact) mass is 324 g/mol. The molecule has 2 aromatic carbocycles. The molecule has 2 aromatic rings. The molecule has 19 heavy (non-hydrogen) atoms. The van der Waals surface area contributed by atoms with Crippen molar-refractivity contribution < 1.29 is 18.3 Å². The zero-order chi connectivity index (χ0) is 13.6. The van der Waals surface area contributed by atoms with Gasteiger partial charge in [0.1, 0.15) is 6.61 Å². The van der Waals surface area contributed by atoms with Gasteiger partial charge in [-0.25, -0.2) is 4.39 Å². The van der Waals surface area contributed by atoms with Gasteiger partial charge >= 0.3 is 0 Å². The van der Waals surface area contributed by atoms with Gasteiger partial charge in [0.15, 0.2) is 17.3 Å². The van der Waals surface area contributed by atoms with Crippen LogP contribution in [0.4, 0.5) is 8.78 Å². The van der Waals surface area contributed by atoms with Crippen molar-refractivity contribution in [3.8, 4) is 5.75 Å². The fraction of sp³-hybridized carbons (Fsp3) is 0.0714. The Balaban J connectivity index is 2.27. The molecule has 0 amide bonds. The molecule has 0 saturated heterocycles. The van der Waals surface area contributed by atoms with Crippen molar-refractivity contribution in [1.29, 1.82) is 0 Å². The van der Waals surface area contributed by atoms with E-state index in [0.29, 0.717) is 11.1 Å². The minimum absolute atomic E-state index is 0.0238. The minimum atomic E-state index is -1.15. The summed E-state index contributed by atoms with van der Waals surface area (Å²) < 4.78 is 32.5. The van der Waals surface area contributed by atoms with Crippen LogP contribution in [-0.4, -0.2) is 5.78 Å². The van der Waals surface area contributed by atoms with Crippen molar-refractivity contribution in [2.45, 2.75) is 6.61 Å². The average Bonchev–Trinajstić information content (AvgIpc) is 2.55. The van der Waals surface area contributed by atoms with Gasteiger partial charge in [0.2, 0.25) is 5.82 Å². The molecule has 5 heteroatoms. The first-order valence-corrected chi connectivity index (χ1v) is 6.32. The number of hydrogen-bond acceptors (Lipinski definition) is 2. The predicted octanol–water partition coefficient (Wildman–Crippen LogP) is 3.85. The molecule has 1 aliphatic rings. The molecule has 0 atom stereocenters. The van der Waals surface area contributed by atoms with Crippen LogP contribution in [0.15, 0.2) is 34.8 Å². The van der Waals surface area contributed by atoms with E-state index in [1.807, 2.05) is 0 Å². The van der Waals surface area contributed by atoms with Crippen LogP contribution < -0.4 is 4.74 Å². The van der Waals surface area contributed by atoms with Crippen molar-refractivity contribution in [2.75, 3.05) is 0 Å². The molecule has 96 valence electrons. The highest BCUT2D eigenvalue weighted by Gasteiger charge is 2.27. The van der Waals surface area contributed by atoms with E-state index >= 15 is 0 Å². The maximum atomic E-state index is 13.8. The third-order valence-corrected chi connectivity index (χ3v) is 3.57. The van der Waals surface area contributed by atoms with Gasteiger partial charge in [-0.2, -0.15) is 4.39 Å². The van der Waals surface area contributed by atoms with Gasteiger partial charge in [0.25, 0.3) is 0 Å². The summed E-state index contributed by atoms with van der Waals surface area (Å²) in [6, 6.07) is 8.10. The van der Waals surface area contributed by atoms with E-state index in [9.17, 15) is 13.6 Å². The summed E-state index contributed by atoms with van der Waals surface area (Å²) in [5.74, 6) is -2.91. The molecule has 0 fully saturated rings. The molecule has 0 unspecified atom stereocenters. The van der Waals surface area contributed by atoms with Crippen LogP contribution in [0, 0.1) is 11.6 Å². The zero-order valence-corrected chi connectivity index (χ0v) is 11.1. The fourth-order valence-electron chi connectivity index (χ4n) is 2.05. The Morgan fingerprint density at radius 2 is 1.84 bits per heavy atom. The van der Waals surface area contributed by atoms with Gasteiger partial charge in [-0.05, 0) is 22.0 Å². The van der Waals surface area contributed by atoms with Gasteiger partial charge in [0, 0.05) is 11.1 Å². The van der Waals surface area contributed by atoms with Crippen molar-refractivity contribution in [2.24, 2.45) is 0 Å². The van der Waals surface area contributed by atoms with E-state index in [1.165, 1.54) is 6.07 Å². The van der Waals surface area contributed by atoms with Crippen LogP contribution in [0.25, 0.3) is 0 Å². The molecule has 1 aliphatic heterocycles. The molecule has 0 saturated carbocycles. The smallest absolute Gasteiger partial charge is 0.202 e. The lowest BCUT2D eigenvalue weighted by atomic mass is 9.99. The standard InChI is InChI=1S/C14H7BrF2O2/c15-10-5-9-13(18)8-4-2-1-3-7(8)6-19-14(9)12(17)11(10)16/h1-5H,6H2. The molecular formula is C14H7BrF2O2. The van der Waals surface area contributed by atoms with Crippen LogP contribution in [0.3, 0.4) is 0 Å². The quantitative estimate of drug-likeness (QED) is 0.688. The van der Waals surface area contributed by atoms with Crippen molar-refractivity contribution in [3.63, 3.8) is 0 Å². The minimum Gasteiger partial charge on any atom is -0.485 e. The maximum absolute atomic E-state index is 13.8. The van der Waals surface area contributed by atoms with E-state index < -0.39 is 11.6 Å². The largest absolute Gasteiger partial charge is 0.485 e. The Morgan fingerprint density at radius 1 is 1.11 bits per heavy atom. The molecule has 0 N–H and O–H groups in total. The Hall–Kier alpha value is -1.75. The number of rotatable bonds is 0. The SMILES string of the molecule is O=C1c2ccccc2COc2c1cc(Br)c(F)c2F. The highest BCUT2D eigenvalue weighted by Crippen LogP contribution is 2.35. The number of benzene rings is 2. The predicted molar refractivity (Wildman–Crippen MR) is 68.3 cm³/mol. The second kappa shape index (κ2) is 4.42. The lowest BCUT2D eigenvalue weighted by Gasteiger charge is -2.09. The summed E-state index contributed by atoms with van der Waals surface area (Å²) in [4.78, 5) is 12.4. The molecule has 3 rings (SSSR count). The second-order valence-electron chi connectivity index (χ2n) is 4.14. The highest BCUT2D eigenvalue weighted by molar-refractivity contribution is 9.10. The summed E-state index contributed by atoms with van der Waals surface area (Å²) in [6.07, 6.45) is 0. The normalized spacial score (nSPS) is 13.3. The lowest BCUT2D eigenvalue weighted by molar-refractivity contribution is 0.103. The number of ketones is 1. The molecule has 2 nitrogen and oxygen atoms in total. The molecule has 0 spiro atoms. The topological polar surface area (TPSA) is 26.3 Å². The van der Waals surface area contributed by atoms with Gasteiger partial charge in [0.05, 0.1) is 10.0 Å². The molecule has 1 heterocycles. The fourth-order valence-corrected chi connectivity index (χ4v) is 2.45. The Bertz CT molecular complexity index is 698. The summed E-state index contributed by atoms with van der Waals surface area (Å²) in [5.41, 5.74) is 1.12. The van der Waals surface area contributed by atoms with Crippen LogP contribution in [0.2, 0.25) is 0 Å². The number of carbonyl (C=O) groups excluding carboxylic acids is 1. The van der Waals surface area contributed by atoms with Crippen molar-refractivity contribution >= 4 is 21.7 Å². The molecule has 0 aliphatic carbocycles. The summed E-state index contributed by atoms with van der Waals surface area (Å²) in [6.45, 7) is 0.0346. The van der Waals surface area contributed by atoms with Crippen molar-refractivity contribution in [1.82, 2.24) is 0 Å².